The van der Waals surface area contributed by atoms with Gasteiger partial charge < -0.3 is 15.5 Å². The minimum atomic E-state index is -0.419. The maximum atomic E-state index is 13.5. The van der Waals surface area contributed by atoms with Gasteiger partial charge in [0.05, 0.1) is 0 Å². The van der Waals surface area contributed by atoms with Gasteiger partial charge in [-0.1, -0.05) is 6.07 Å². The van der Waals surface area contributed by atoms with Crippen LogP contribution in [-0.4, -0.2) is 48.8 Å². The number of nitrogens with one attached hydrogen (secondary N) is 2. The maximum Gasteiger partial charge on any atom is 0.251 e. The van der Waals surface area contributed by atoms with E-state index < -0.39 is 5.82 Å². The fourth-order valence-electron chi connectivity index (χ4n) is 2.80. The molecule has 7 heteroatoms. The molecule has 0 saturated carbocycles. The average Bonchev–Trinajstić information content (AvgIpc) is 2.60. The van der Waals surface area contributed by atoms with Crippen LogP contribution in [0.5, 0.6) is 0 Å². The second-order valence-electron chi connectivity index (χ2n) is 6.29. The molecular formula is C18H24FN3O3. The summed E-state index contributed by atoms with van der Waals surface area (Å²) in [6.07, 6.45) is 1.31. The largest absolute Gasteiger partial charge is 0.354 e. The van der Waals surface area contributed by atoms with Crippen LogP contribution < -0.4 is 10.6 Å². The Bertz CT molecular complexity index is 655. The normalized spacial score (nSPS) is 14.9. The van der Waals surface area contributed by atoms with E-state index in [0.29, 0.717) is 38.0 Å². The predicted octanol–water partition coefficient (Wildman–Crippen LogP) is 1.24. The Morgan fingerprint density at radius 3 is 2.40 bits per heavy atom. The van der Waals surface area contributed by atoms with Gasteiger partial charge in [0, 0.05) is 44.6 Å². The summed E-state index contributed by atoms with van der Waals surface area (Å²) in [6, 6.07) is 4.32. The summed E-state index contributed by atoms with van der Waals surface area (Å²) >= 11 is 0. The quantitative estimate of drug-likeness (QED) is 0.785. The molecule has 1 aliphatic heterocycles. The zero-order valence-electron chi connectivity index (χ0n) is 14.6. The van der Waals surface area contributed by atoms with Gasteiger partial charge in [-0.15, -0.1) is 0 Å². The van der Waals surface area contributed by atoms with E-state index in [1.165, 1.54) is 13.0 Å². The molecule has 1 saturated heterocycles. The van der Waals surface area contributed by atoms with E-state index in [1.54, 1.807) is 24.0 Å². The number of amides is 3. The molecule has 1 heterocycles. The van der Waals surface area contributed by atoms with Crippen molar-refractivity contribution in [2.75, 3.05) is 26.2 Å². The highest BCUT2D eigenvalue weighted by atomic mass is 19.1. The van der Waals surface area contributed by atoms with Gasteiger partial charge in [0.25, 0.3) is 5.91 Å². The molecule has 0 atom stereocenters. The number of likely N-dealkylation sites (tertiary alicyclic amines) is 1. The van der Waals surface area contributed by atoms with Crippen LogP contribution in [0.15, 0.2) is 18.2 Å². The van der Waals surface area contributed by atoms with Gasteiger partial charge in [0.15, 0.2) is 0 Å². The minimum Gasteiger partial charge on any atom is -0.354 e. The number of piperidine rings is 1. The van der Waals surface area contributed by atoms with E-state index in [4.69, 9.17) is 0 Å². The predicted molar refractivity (Wildman–Crippen MR) is 91.5 cm³/mol. The lowest BCUT2D eigenvalue weighted by Crippen LogP contribution is -2.43. The number of nitrogens with zero attached hydrogens (tertiary/aromatic N) is 1. The Morgan fingerprint density at radius 1 is 1.16 bits per heavy atom. The van der Waals surface area contributed by atoms with Gasteiger partial charge in [-0.25, -0.2) is 4.39 Å². The molecule has 0 aliphatic carbocycles. The minimum absolute atomic E-state index is 0.0362. The summed E-state index contributed by atoms with van der Waals surface area (Å²) < 4.78 is 13.5. The number of aryl methyl sites for hydroxylation is 1. The summed E-state index contributed by atoms with van der Waals surface area (Å²) in [5.74, 6) is -0.911. The number of carbonyl (C=O) groups excluding carboxylic acids is 3. The fourth-order valence-corrected chi connectivity index (χ4v) is 2.80. The second kappa shape index (κ2) is 8.60. The first-order chi connectivity index (χ1) is 11.9. The van der Waals surface area contributed by atoms with Crippen molar-refractivity contribution in [3.8, 4) is 0 Å². The monoisotopic (exact) mass is 349 g/mol. The third-order valence-corrected chi connectivity index (χ3v) is 4.45. The van der Waals surface area contributed by atoms with Crippen molar-refractivity contribution in [2.45, 2.75) is 26.7 Å². The Hall–Kier alpha value is -2.44. The van der Waals surface area contributed by atoms with Crippen LogP contribution in [0.1, 0.15) is 35.7 Å². The lowest BCUT2D eigenvalue weighted by molar-refractivity contribution is -0.133. The first kappa shape index (κ1) is 18.9. The Labute approximate surface area is 146 Å². The molecule has 0 aromatic heterocycles. The van der Waals surface area contributed by atoms with Gasteiger partial charge in [0.2, 0.25) is 11.8 Å². The fraction of sp³-hybridized carbons (Fsp3) is 0.500. The molecule has 2 N–H and O–H groups in total. The van der Waals surface area contributed by atoms with E-state index in [1.807, 2.05) is 0 Å². The molecule has 1 aromatic rings. The van der Waals surface area contributed by atoms with Crippen molar-refractivity contribution in [3.63, 3.8) is 0 Å². The number of hydrogen-bond acceptors (Lipinski definition) is 3. The number of hydrogen-bond donors (Lipinski definition) is 2. The van der Waals surface area contributed by atoms with E-state index in [9.17, 15) is 18.8 Å². The molecule has 1 fully saturated rings. The smallest absolute Gasteiger partial charge is 0.251 e. The van der Waals surface area contributed by atoms with Gasteiger partial charge in [-0.2, -0.15) is 0 Å². The van der Waals surface area contributed by atoms with Crippen LogP contribution in [0, 0.1) is 18.7 Å². The second-order valence-corrected chi connectivity index (χ2v) is 6.29. The summed E-state index contributed by atoms with van der Waals surface area (Å²) in [6.45, 7) is 4.95. The SMILES string of the molecule is CC(=O)N1CCC(C(=O)NCCNC(=O)c2ccc(C)c(F)c2)CC1. The molecule has 25 heavy (non-hydrogen) atoms. The van der Waals surface area contributed by atoms with E-state index in [2.05, 4.69) is 10.6 Å². The third kappa shape index (κ3) is 5.27. The van der Waals surface area contributed by atoms with Crippen LogP contribution in [0.4, 0.5) is 4.39 Å². The van der Waals surface area contributed by atoms with Crippen molar-refractivity contribution >= 4 is 17.7 Å². The highest BCUT2D eigenvalue weighted by molar-refractivity contribution is 5.94. The Balaban J connectivity index is 1.68. The highest BCUT2D eigenvalue weighted by Gasteiger charge is 2.25. The lowest BCUT2D eigenvalue weighted by atomic mass is 9.96. The number of carbonyl (C=O) groups is 3. The molecule has 1 aliphatic rings. The molecule has 0 unspecified atom stereocenters. The zero-order valence-corrected chi connectivity index (χ0v) is 14.6. The Morgan fingerprint density at radius 2 is 1.80 bits per heavy atom. The van der Waals surface area contributed by atoms with Gasteiger partial charge in [0.1, 0.15) is 5.82 Å². The molecule has 0 bridgehead atoms. The van der Waals surface area contributed by atoms with Gasteiger partial charge >= 0.3 is 0 Å². The average molecular weight is 349 g/mol. The molecule has 3 amide bonds. The molecule has 2 rings (SSSR count). The van der Waals surface area contributed by atoms with Gasteiger partial charge in [-0.3, -0.25) is 14.4 Å². The van der Waals surface area contributed by atoms with E-state index in [-0.39, 0.29) is 35.7 Å². The first-order valence-corrected chi connectivity index (χ1v) is 8.46. The molecular weight excluding hydrogens is 325 g/mol. The summed E-state index contributed by atoms with van der Waals surface area (Å²) in [4.78, 5) is 37.0. The molecule has 1 aromatic carbocycles. The standard InChI is InChI=1S/C18H24FN3O3/c1-12-3-4-15(11-16(12)19)18(25)21-8-7-20-17(24)14-5-9-22(10-6-14)13(2)23/h3-4,11,14H,5-10H2,1-2H3,(H,20,24)(H,21,25). The van der Waals surface area contributed by atoms with Crippen LogP contribution in [0.2, 0.25) is 0 Å². The molecule has 0 spiro atoms. The number of rotatable bonds is 5. The van der Waals surface area contributed by atoms with Crippen molar-refractivity contribution in [1.29, 1.82) is 0 Å². The maximum absolute atomic E-state index is 13.5. The first-order valence-electron chi connectivity index (χ1n) is 8.46. The lowest BCUT2D eigenvalue weighted by Gasteiger charge is -2.30. The zero-order chi connectivity index (χ0) is 18.4. The Kier molecular flexibility index (Phi) is 6.50. The molecule has 6 nitrogen and oxygen atoms in total. The van der Waals surface area contributed by atoms with Crippen molar-refractivity contribution in [2.24, 2.45) is 5.92 Å². The molecule has 136 valence electrons. The summed E-state index contributed by atoms with van der Waals surface area (Å²) in [5.41, 5.74) is 0.741. The van der Waals surface area contributed by atoms with Crippen LogP contribution >= 0.6 is 0 Å². The van der Waals surface area contributed by atoms with Crippen LogP contribution in [-0.2, 0) is 9.59 Å². The third-order valence-electron chi connectivity index (χ3n) is 4.45. The van der Waals surface area contributed by atoms with Crippen molar-refractivity contribution in [1.82, 2.24) is 15.5 Å². The summed E-state index contributed by atoms with van der Waals surface area (Å²) in [7, 11) is 0. The van der Waals surface area contributed by atoms with Crippen LogP contribution in [0.25, 0.3) is 0 Å². The molecule has 0 radical (unpaired) electrons. The highest BCUT2D eigenvalue weighted by Crippen LogP contribution is 2.17. The van der Waals surface area contributed by atoms with E-state index in [0.717, 1.165) is 0 Å². The van der Waals surface area contributed by atoms with Crippen molar-refractivity contribution in [3.05, 3.63) is 35.1 Å². The summed E-state index contributed by atoms with van der Waals surface area (Å²) in [5, 5.41) is 5.45. The topological polar surface area (TPSA) is 78.5 Å². The number of halogens is 1. The van der Waals surface area contributed by atoms with E-state index >= 15 is 0 Å². The number of benzene rings is 1. The van der Waals surface area contributed by atoms with Gasteiger partial charge in [-0.05, 0) is 37.5 Å². The van der Waals surface area contributed by atoms with Crippen LogP contribution in [0.3, 0.4) is 0 Å². The van der Waals surface area contributed by atoms with Crippen molar-refractivity contribution < 1.29 is 18.8 Å².